The molecule has 0 bridgehead atoms. The van der Waals surface area contributed by atoms with E-state index in [4.69, 9.17) is 9.97 Å². The maximum absolute atomic E-state index is 6.13. The van der Waals surface area contributed by atoms with Gasteiger partial charge in [0.2, 0.25) is 0 Å². The molecule has 0 atom stereocenters. The Morgan fingerprint density at radius 2 is 0.686 bits per heavy atom. The highest BCUT2D eigenvalue weighted by atomic mass is 15.1. The largest absolute Gasteiger partial charge is 0.309 e. The highest BCUT2D eigenvalue weighted by molar-refractivity contribution is 6.33. The Morgan fingerprint density at radius 1 is 0.291 bits per heavy atom. The van der Waals surface area contributed by atoms with E-state index in [9.17, 15) is 0 Å². The average molecular weight is 1110 g/mol. The quantitative estimate of drug-likeness (QED) is 0.176. The van der Waals surface area contributed by atoms with Crippen LogP contribution in [0.2, 0.25) is 0 Å². The van der Waals surface area contributed by atoms with Gasteiger partial charge in [-0.1, -0.05) is 172 Å². The minimum Gasteiger partial charge on any atom is -0.309 e. The predicted octanol–water partition coefficient (Wildman–Crippen LogP) is 21.4. The Labute approximate surface area is 497 Å². The van der Waals surface area contributed by atoms with Crippen LogP contribution in [0, 0.1) is 0 Å². The summed E-state index contributed by atoms with van der Waals surface area (Å²) < 4.78 is 9.83. The highest BCUT2D eigenvalue weighted by Crippen LogP contribution is 2.51. The Kier molecular flexibility index (Phi) is 9.68. The molecular formula is C80H62N6. The minimum atomic E-state index is -0.152. The maximum Gasteiger partial charge on any atom is 0.165 e. The first-order valence-corrected chi connectivity index (χ1v) is 30.4. The van der Waals surface area contributed by atoms with Gasteiger partial charge in [-0.3, -0.25) is 8.80 Å². The summed E-state index contributed by atoms with van der Waals surface area (Å²) >= 11 is 0. The topological polar surface area (TPSA) is 44.5 Å². The van der Waals surface area contributed by atoms with E-state index in [1.54, 1.807) is 0 Å². The summed E-state index contributed by atoms with van der Waals surface area (Å²) in [7, 11) is 0. The molecule has 0 aliphatic rings. The van der Waals surface area contributed by atoms with Crippen molar-refractivity contribution in [3.63, 3.8) is 0 Å². The second-order valence-corrected chi connectivity index (χ2v) is 27.5. The molecule has 0 saturated carbocycles. The SMILES string of the molecule is CC(C)(C)c1cc(-c2ccc3c(c2)c2ccccc2n3-c2ccccc2)c2c(c1)c1cc(C(C)(C)C)cc3c4nc5c(nc4n2c13)c1c2ccccc2cc2c3cc(C(C)(C)C)cc(-c4ccc6c(c4)c4ccccc4n6-c4ccccc4)c3n5c21. The smallest absolute Gasteiger partial charge is 0.165 e. The Balaban J connectivity index is 0.988. The number of hydrogen-bond donors (Lipinski definition) is 0. The van der Waals surface area contributed by atoms with Crippen LogP contribution in [0.1, 0.15) is 79.0 Å². The zero-order valence-corrected chi connectivity index (χ0v) is 49.9. The van der Waals surface area contributed by atoms with Gasteiger partial charge in [0.1, 0.15) is 11.0 Å². The van der Waals surface area contributed by atoms with Gasteiger partial charge < -0.3 is 9.13 Å². The van der Waals surface area contributed by atoms with Crippen molar-refractivity contribution < 1.29 is 0 Å². The van der Waals surface area contributed by atoms with Gasteiger partial charge in [-0.05, 0) is 158 Å². The van der Waals surface area contributed by atoms with E-state index >= 15 is 0 Å². The van der Waals surface area contributed by atoms with Crippen molar-refractivity contribution in [1.82, 2.24) is 27.9 Å². The van der Waals surface area contributed by atoms with Gasteiger partial charge in [0.15, 0.2) is 11.3 Å². The fourth-order valence-electron chi connectivity index (χ4n) is 14.9. The minimum absolute atomic E-state index is 0.132. The lowest BCUT2D eigenvalue weighted by Crippen LogP contribution is -2.11. The molecule has 11 aromatic carbocycles. The molecule has 86 heavy (non-hydrogen) atoms. The highest BCUT2D eigenvalue weighted by Gasteiger charge is 2.32. The van der Waals surface area contributed by atoms with Crippen molar-refractivity contribution in [3.05, 3.63) is 229 Å². The van der Waals surface area contributed by atoms with Crippen LogP contribution in [0.15, 0.2) is 212 Å². The molecule has 0 N–H and O–H groups in total. The average Bonchev–Trinajstić information content (AvgIpc) is 1.52. The van der Waals surface area contributed by atoms with Crippen LogP contribution < -0.4 is 0 Å². The lowest BCUT2D eigenvalue weighted by atomic mass is 9.83. The monoisotopic (exact) mass is 1110 g/mol. The number of nitrogens with zero attached hydrogens (tertiary/aromatic N) is 6. The Morgan fingerprint density at radius 3 is 1.21 bits per heavy atom. The molecule has 0 unspecified atom stereocenters. The van der Waals surface area contributed by atoms with Gasteiger partial charge in [-0.15, -0.1) is 0 Å². The van der Waals surface area contributed by atoms with Crippen molar-refractivity contribution >= 4 is 131 Å². The summed E-state index contributed by atoms with van der Waals surface area (Å²) in [5.41, 5.74) is 23.4. The summed E-state index contributed by atoms with van der Waals surface area (Å²) in [5, 5.41) is 14.5. The summed E-state index contributed by atoms with van der Waals surface area (Å²) in [4.78, 5) is 12.2. The molecule has 0 saturated heterocycles. The Bertz CT molecular complexity index is 5930. The third-order valence-corrected chi connectivity index (χ3v) is 19.2. The summed E-state index contributed by atoms with van der Waals surface area (Å²) in [6.45, 7) is 21.1. The fraction of sp³-hybridized carbons (Fsp3) is 0.150. The molecule has 7 aromatic heterocycles. The first-order chi connectivity index (χ1) is 41.6. The van der Waals surface area contributed by atoms with Crippen LogP contribution in [0.5, 0.6) is 0 Å². The third-order valence-electron chi connectivity index (χ3n) is 19.2. The summed E-state index contributed by atoms with van der Waals surface area (Å²) in [5.74, 6) is 0. The summed E-state index contributed by atoms with van der Waals surface area (Å²) in [6.07, 6.45) is 0. The van der Waals surface area contributed by atoms with Crippen molar-refractivity contribution in [2.24, 2.45) is 0 Å². The van der Waals surface area contributed by atoms with E-state index in [1.165, 1.54) is 120 Å². The number of rotatable bonds is 4. The van der Waals surface area contributed by atoms with Crippen molar-refractivity contribution in [2.45, 2.75) is 78.6 Å². The van der Waals surface area contributed by atoms with Gasteiger partial charge in [-0.2, -0.15) is 0 Å². The molecule has 6 nitrogen and oxygen atoms in total. The standard InChI is InChI=1S/C80H62N6/c1-78(2,3)48-40-57(47-33-35-68-59(37-47)55-29-19-21-31-66(55)84(68)52-25-14-11-15-26-52)73-61(41-48)60-38-45-22-16-17-27-53(45)69-71-77(86(73)75(60)69)81-70-64-44-50(80(7,8)9)43-63-62-42-49(79(4,5)6)39-56(72(62)85(74(63)64)76(70)82-71)46-32-34-67-58(36-46)54-28-18-20-30-65(54)83(67)51-23-12-10-13-24-51/h10-44H,1-9H3. The van der Waals surface area contributed by atoms with E-state index in [1.807, 2.05) is 0 Å². The first kappa shape index (κ1) is 49.4. The van der Waals surface area contributed by atoms with Crippen molar-refractivity contribution in [1.29, 1.82) is 0 Å². The van der Waals surface area contributed by atoms with E-state index < -0.39 is 0 Å². The lowest BCUT2D eigenvalue weighted by molar-refractivity contribution is 0.591. The molecule has 0 amide bonds. The normalized spacial score (nSPS) is 13.2. The van der Waals surface area contributed by atoms with Gasteiger partial charge >= 0.3 is 0 Å². The molecule has 0 radical (unpaired) electrons. The van der Waals surface area contributed by atoms with E-state index in [2.05, 4.69) is 293 Å². The van der Waals surface area contributed by atoms with E-state index in [0.29, 0.717) is 0 Å². The van der Waals surface area contributed by atoms with Crippen molar-refractivity contribution in [2.75, 3.05) is 0 Å². The molecule has 412 valence electrons. The van der Waals surface area contributed by atoms with Gasteiger partial charge in [0, 0.05) is 76.4 Å². The van der Waals surface area contributed by atoms with E-state index in [0.717, 1.165) is 61.0 Å². The number of hydrogen-bond acceptors (Lipinski definition) is 2. The number of fused-ring (bicyclic) bond motifs is 20. The van der Waals surface area contributed by atoms with Gasteiger partial charge in [-0.25, -0.2) is 9.97 Å². The molecule has 7 heterocycles. The zero-order chi connectivity index (χ0) is 58.0. The molecule has 0 aliphatic carbocycles. The first-order valence-electron chi connectivity index (χ1n) is 30.4. The van der Waals surface area contributed by atoms with Crippen LogP contribution in [0.4, 0.5) is 0 Å². The van der Waals surface area contributed by atoms with Crippen LogP contribution in [-0.2, 0) is 16.2 Å². The predicted molar refractivity (Wildman–Crippen MR) is 365 cm³/mol. The Hall–Kier alpha value is -10.0. The van der Waals surface area contributed by atoms with Gasteiger partial charge in [0.05, 0.1) is 44.1 Å². The number of para-hydroxylation sites is 4. The second kappa shape index (κ2) is 16.9. The molecule has 0 spiro atoms. The second-order valence-electron chi connectivity index (χ2n) is 27.5. The maximum atomic E-state index is 6.13. The third kappa shape index (κ3) is 6.67. The van der Waals surface area contributed by atoms with Crippen LogP contribution in [0.25, 0.3) is 165 Å². The number of aromatic nitrogens is 6. The molecular weight excluding hydrogens is 1040 g/mol. The van der Waals surface area contributed by atoms with Crippen LogP contribution in [0.3, 0.4) is 0 Å². The molecule has 6 heteroatoms. The van der Waals surface area contributed by atoms with Gasteiger partial charge in [0.25, 0.3) is 0 Å². The number of benzene rings is 11. The molecule has 0 fully saturated rings. The van der Waals surface area contributed by atoms with Crippen molar-refractivity contribution in [3.8, 4) is 33.6 Å². The zero-order valence-electron chi connectivity index (χ0n) is 49.9. The van der Waals surface area contributed by atoms with Crippen LogP contribution in [-0.4, -0.2) is 27.9 Å². The molecule has 18 aromatic rings. The fourth-order valence-corrected chi connectivity index (χ4v) is 14.9. The summed E-state index contributed by atoms with van der Waals surface area (Å²) in [6, 6.07) is 79.7. The van der Waals surface area contributed by atoms with E-state index in [-0.39, 0.29) is 16.2 Å². The lowest BCUT2D eigenvalue weighted by Gasteiger charge is -2.22. The molecule has 0 aliphatic heterocycles. The molecule has 18 rings (SSSR count). The van der Waals surface area contributed by atoms with Crippen LogP contribution >= 0.6 is 0 Å².